The van der Waals surface area contributed by atoms with Gasteiger partial charge in [-0.2, -0.15) is 0 Å². The molecule has 0 atom stereocenters. The number of rotatable bonds is 3. The lowest BCUT2D eigenvalue weighted by molar-refractivity contribution is 0.0955. The second kappa shape index (κ2) is 5.97. The molecule has 0 aromatic heterocycles. The Morgan fingerprint density at radius 3 is 2.57 bits per heavy atom. The molecule has 1 aliphatic rings. The number of fused-ring (bicyclic) bond motifs is 1. The van der Waals surface area contributed by atoms with Crippen molar-refractivity contribution in [3.05, 3.63) is 70.8 Å². The molecular weight excluding hydrogens is 264 g/mol. The van der Waals surface area contributed by atoms with E-state index in [4.69, 9.17) is 10.5 Å². The quantitative estimate of drug-likeness (QED) is 0.941. The molecule has 1 amide bonds. The number of carbonyl (C=O) groups is 1. The Bertz CT molecular complexity index is 640. The predicted octanol–water partition coefficient (Wildman–Crippen LogP) is 2.80. The fourth-order valence-corrected chi connectivity index (χ4v) is 2.51. The first kappa shape index (κ1) is 13.6. The Hall–Kier alpha value is -2.33. The van der Waals surface area contributed by atoms with Crippen LogP contribution in [0.2, 0.25) is 0 Å². The molecule has 2 N–H and O–H groups in total. The lowest BCUT2D eigenvalue weighted by Gasteiger charge is -2.15. The Morgan fingerprint density at radius 1 is 1.05 bits per heavy atom. The van der Waals surface area contributed by atoms with Crippen molar-refractivity contribution in [3.63, 3.8) is 0 Å². The second-order valence-electron chi connectivity index (χ2n) is 5.20. The van der Waals surface area contributed by atoms with Gasteiger partial charge in [-0.15, -0.1) is 0 Å². The smallest absolute Gasteiger partial charge is 0.410 e. The van der Waals surface area contributed by atoms with Gasteiger partial charge in [0.25, 0.3) is 0 Å². The van der Waals surface area contributed by atoms with Crippen molar-refractivity contribution in [2.24, 2.45) is 5.73 Å². The first-order valence-electron chi connectivity index (χ1n) is 7.02. The van der Waals surface area contributed by atoms with Gasteiger partial charge in [0.05, 0.1) is 0 Å². The Morgan fingerprint density at radius 2 is 1.81 bits per heavy atom. The number of amides is 1. The van der Waals surface area contributed by atoms with Crippen LogP contribution in [-0.4, -0.2) is 11.0 Å². The summed E-state index contributed by atoms with van der Waals surface area (Å²) in [6, 6.07) is 15.8. The van der Waals surface area contributed by atoms with Crippen LogP contribution in [0.25, 0.3) is 0 Å². The highest BCUT2D eigenvalue weighted by Gasteiger charge is 2.24. The van der Waals surface area contributed by atoms with Crippen molar-refractivity contribution in [1.82, 2.24) is 4.90 Å². The minimum atomic E-state index is -0.274. The molecule has 4 heteroatoms. The maximum Gasteiger partial charge on any atom is 0.410 e. The van der Waals surface area contributed by atoms with Gasteiger partial charge in [-0.1, -0.05) is 48.5 Å². The molecule has 0 saturated carbocycles. The first-order chi connectivity index (χ1) is 10.3. The molecule has 0 radical (unpaired) electrons. The van der Waals surface area contributed by atoms with Gasteiger partial charge < -0.3 is 10.5 Å². The summed E-state index contributed by atoms with van der Waals surface area (Å²) >= 11 is 0. The van der Waals surface area contributed by atoms with Crippen LogP contribution in [0.3, 0.4) is 0 Å². The largest absolute Gasteiger partial charge is 0.445 e. The van der Waals surface area contributed by atoms with Crippen LogP contribution in [0.4, 0.5) is 4.79 Å². The Kier molecular flexibility index (Phi) is 3.88. The maximum absolute atomic E-state index is 12.1. The average molecular weight is 282 g/mol. The SMILES string of the molecule is NCc1ccc2c(c1)CN(C(=O)OCc1ccccc1)C2. The third-order valence-corrected chi connectivity index (χ3v) is 3.69. The zero-order valence-electron chi connectivity index (χ0n) is 11.8. The number of nitrogens with two attached hydrogens (primary N) is 1. The van der Waals surface area contributed by atoms with Gasteiger partial charge in [-0.25, -0.2) is 4.79 Å². The number of nitrogens with zero attached hydrogens (tertiary/aromatic N) is 1. The molecule has 0 unspecified atom stereocenters. The van der Waals surface area contributed by atoms with E-state index in [9.17, 15) is 4.79 Å². The van der Waals surface area contributed by atoms with Crippen LogP contribution in [0.1, 0.15) is 22.3 Å². The summed E-state index contributed by atoms with van der Waals surface area (Å²) in [5, 5.41) is 0. The fourth-order valence-electron chi connectivity index (χ4n) is 2.51. The van der Waals surface area contributed by atoms with E-state index in [0.29, 0.717) is 26.2 Å². The molecule has 0 bridgehead atoms. The van der Waals surface area contributed by atoms with Gasteiger partial charge >= 0.3 is 6.09 Å². The monoisotopic (exact) mass is 282 g/mol. The highest BCUT2D eigenvalue weighted by Crippen LogP contribution is 2.24. The van der Waals surface area contributed by atoms with Crippen LogP contribution in [0.5, 0.6) is 0 Å². The lowest BCUT2D eigenvalue weighted by atomic mass is 10.1. The molecular formula is C17H18N2O2. The second-order valence-corrected chi connectivity index (χ2v) is 5.20. The molecule has 108 valence electrons. The number of hydrogen-bond acceptors (Lipinski definition) is 3. The summed E-state index contributed by atoms with van der Waals surface area (Å²) in [5.74, 6) is 0. The topological polar surface area (TPSA) is 55.6 Å². The van der Waals surface area contributed by atoms with Gasteiger partial charge in [0.2, 0.25) is 0 Å². The third-order valence-electron chi connectivity index (χ3n) is 3.69. The van der Waals surface area contributed by atoms with E-state index in [2.05, 4.69) is 6.07 Å². The number of ether oxygens (including phenoxy) is 1. The predicted molar refractivity (Wildman–Crippen MR) is 80.2 cm³/mol. The molecule has 0 spiro atoms. The summed E-state index contributed by atoms with van der Waals surface area (Å²) in [4.78, 5) is 13.8. The summed E-state index contributed by atoms with van der Waals surface area (Å²) < 4.78 is 5.36. The number of benzene rings is 2. The van der Waals surface area contributed by atoms with E-state index < -0.39 is 0 Å². The number of hydrogen-bond donors (Lipinski definition) is 1. The summed E-state index contributed by atoms with van der Waals surface area (Å²) in [5.41, 5.74) is 10.1. The van der Waals surface area contributed by atoms with E-state index >= 15 is 0 Å². The van der Waals surface area contributed by atoms with Crippen molar-refractivity contribution in [3.8, 4) is 0 Å². The van der Waals surface area contributed by atoms with E-state index in [1.165, 1.54) is 5.56 Å². The zero-order valence-corrected chi connectivity index (χ0v) is 11.8. The minimum Gasteiger partial charge on any atom is -0.445 e. The van der Waals surface area contributed by atoms with E-state index in [1.807, 2.05) is 42.5 Å². The van der Waals surface area contributed by atoms with Gasteiger partial charge in [0.15, 0.2) is 0 Å². The first-order valence-corrected chi connectivity index (χ1v) is 7.02. The molecule has 3 rings (SSSR count). The van der Waals surface area contributed by atoms with Crippen LogP contribution >= 0.6 is 0 Å². The summed E-state index contributed by atoms with van der Waals surface area (Å²) in [6.45, 7) is 2.02. The van der Waals surface area contributed by atoms with E-state index in [-0.39, 0.29) is 6.09 Å². The Balaban J connectivity index is 1.60. The van der Waals surface area contributed by atoms with Gasteiger partial charge in [-0.05, 0) is 22.3 Å². The van der Waals surface area contributed by atoms with Crippen LogP contribution < -0.4 is 5.73 Å². The van der Waals surface area contributed by atoms with Crippen molar-refractivity contribution >= 4 is 6.09 Å². The van der Waals surface area contributed by atoms with Crippen LogP contribution in [-0.2, 0) is 31.0 Å². The summed E-state index contributed by atoms with van der Waals surface area (Å²) in [6.07, 6.45) is -0.274. The van der Waals surface area contributed by atoms with Gasteiger partial charge in [-0.3, -0.25) is 4.90 Å². The molecule has 1 heterocycles. The minimum absolute atomic E-state index is 0.274. The van der Waals surface area contributed by atoms with E-state index in [1.54, 1.807) is 4.90 Å². The van der Waals surface area contributed by atoms with Gasteiger partial charge in [0, 0.05) is 19.6 Å². The maximum atomic E-state index is 12.1. The van der Waals surface area contributed by atoms with Crippen LogP contribution in [0, 0.1) is 0 Å². The van der Waals surface area contributed by atoms with Crippen molar-refractivity contribution in [1.29, 1.82) is 0 Å². The average Bonchev–Trinajstić information content (AvgIpc) is 2.96. The molecule has 0 fully saturated rings. The van der Waals surface area contributed by atoms with Crippen molar-refractivity contribution < 1.29 is 9.53 Å². The normalized spacial score (nSPS) is 13.1. The fraction of sp³-hybridized carbons (Fsp3) is 0.235. The van der Waals surface area contributed by atoms with Crippen LogP contribution in [0.15, 0.2) is 48.5 Å². The van der Waals surface area contributed by atoms with Crippen molar-refractivity contribution in [2.75, 3.05) is 0 Å². The molecule has 0 aliphatic carbocycles. The molecule has 1 aliphatic heterocycles. The third kappa shape index (κ3) is 3.06. The molecule has 2 aromatic carbocycles. The highest BCUT2D eigenvalue weighted by molar-refractivity contribution is 5.69. The molecule has 21 heavy (non-hydrogen) atoms. The summed E-state index contributed by atoms with van der Waals surface area (Å²) in [7, 11) is 0. The van der Waals surface area contributed by atoms with E-state index in [0.717, 1.165) is 16.7 Å². The standard InChI is InChI=1S/C17H18N2O2/c18-9-14-6-7-15-10-19(11-16(15)8-14)17(20)21-12-13-4-2-1-3-5-13/h1-8H,9-12,18H2. The molecule has 0 saturated heterocycles. The lowest BCUT2D eigenvalue weighted by Crippen LogP contribution is -2.25. The molecule has 2 aromatic rings. The Labute approximate surface area is 124 Å². The van der Waals surface area contributed by atoms with Crippen molar-refractivity contribution in [2.45, 2.75) is 26.2 Å². The van der Waals surface area contributed by atoms with Gasteiger partial charge in [0.1, 0.15) is 6.61 Å². The number of carbonyl (C=O) groups excluding carboxylic acids is 1. The molecule has 4 nitrogen and oxygen atoms in total. The zero-order chi connectivity index (χ0) is 14.7. The highest BCUT2D eigenvalue weighted by atomic mass is 16.6.